The molecule has 5 heteroatoms. The van der Waals surface area contributed by atoms with Crippen LogP contribution in [0.5, 0.6) is 5.75 Å². The van der Waals surface area contributed by atoms with Crippen molar-refractivity contribution in [3.05, 3.63) is 28.2 Å². The highest BCUT2D eigenvalue weighted by molar-refractivity contribution is 9.10. The summed E-state index contributed by atoms with van der Waals surface area (Å²) in [6.07, 6.45) is 6.74. The Kier molecular flexibility index (Phi) is 7.60. The zero-order valence-electron chi connectivity index (χ0n) is 15.7. The summed E-state index contributed by atoms with van der Waals surface area (Å²) in [7, 11) is 0. The monoisotopic (exact) mass is 410 g/mol. The molecule has 0 spiro atoms. The van der Waals surface area contributed by atoms with Crippen molar-refractivity contribution < 1.29 is 9.53 Å². The number of benzene rings is 1. The SMILES string of the molecule is CC(C)(C)c1ccc(OCCCNC(=O)NC2CCCCC2)c(Br)c1. The third kappa shape index (κ3) is 6.89. The Hall–Kier alpha value is -1.23. The normalized spacial score (nSPS) is 15.7. The van der Waals surface area contributed by atoms with Crippen LogP contribution in [0.15, 0.2) is 22.7 Å². The summed E-state index contributed by atoms with van der Waals surface area (Å²) in [5.41, 5.74) is 1.39. The van der Waals surface area contributed by atoms with E-state index in [1.165, 1.54) is 24.8 Å². The summed E-state index contributed by atoms with van der Waals surface area (Å²) in [4.78, 5) is 11.9. The topological polar surface area (TPSA) is 50.4 Å². The first-order valence-electron chi connectivity index (χ1n) is 9.33. The molecule has 0 heterocycles. The Morgan fingerprint density at radius 3 is 2.60 bits per heavy atom. The van der Waals surface area contributed by atoms with Crippen LogP contribution in [0, 0.1) is 0 Å². The van der Waals surface area contributed by atoms with Crippen molar-refractivity contribution in [2.45, 2.75) is 70.8 Å². The number of hydrogen-bond donors (Lipinski definition) is 2. The number of halogens is 1. The molecule has 0 radical (unpaired) electrons. The summed E-state index contributed by atoms with van der Waals surface area (Å²) in [5, 5.41) is 5.98. The van der Waals surface area contributed by atoms with Gasteiger partial charge in [0.1, 0.15) is 5.75 Å². The number of ether oxygens (including phenoxy) is 1. The van der Waals surface area contributed by atoms with Crippen LogP contribution in [0.1, 0.15) is 64.9 Å². The highest BCUT2D eigenvalue weighted by Crippen LogP contribution is 2.31. The van der Waals surface area contributed by atoms with E-state index in [-0.39, 0.29) is 11.4 Å². The maximum Gasteiger partial charge on any atom is 0.315 e. The van der Waals surface area contributed by atoms with Gasteiger partial charge in [-0.25, -0.2) is 4.79 Å². The van der Waals surface area contributed by atoms with Gasteiger partial charge in [-0.05, 0) is 58.3 Å². The molecule has 25 heavy (non-hydrogen) atoms. The third-order valence-corrected chi connectivity index (χ3v) is 5.22. The maximum absolute atomic E-state index is 11.9. The molecule has 0 saturated heterocycles. The third-order valence-electron chi connectivity index (χ3n) is 4.60. The first-order chi connectivity index (χ1) is 11.9. The van der Waals surface area contributed by atoms with E-state index in [0.29, 0.717) is 19.2 Å². The van der Waals surface area contributed by atoms with E-state index >= 15 is 0 Å². The highest BCUT2D eigenvalue weighted by atomic mass is 79.9. The fraction of sp³-hybridized carbons (Fsp3) is 0.650. The predicted molar refractivity (Wildman–Crippen MR) is 106 cm³/mol. The van der Waals surface area contributed by atoms with Gasteiger partial charge in [0.15, 0.2) is 0 Å². The molecule has 140 valence electrons. The molecule has 4 nitrogen and oxygen atoms in total. The van der Waals surface area contributed by atoms with Gasteiger partial charge in [-0.15, -0.1) is 0 Å². The predicted octanol–water partition coefficient (Wildman–Crippen LogP) is 5.15. The van der Waals surface area contributed by atoms with Crippen molar-refractivity contribution in [3.63, 3.8) is 0 Å². The molecule has 1 aromatic carbocycles. The Balaban J connectivity index is 1.65. The summed E-state index contributed by atoms with van der Waals surface area (Å²) in [5.74, 6) is 0.847. The minimum absolute atomic E-state index is 0.0531. The summed E-state index contributed by atoms with van der Waals surface area (Å²) in [6, 6.07) is 6.53. The van der Waals surface area contributed by atoms with Gasteiger partial charge < -0.3 is 15.4 Å². The van der Waals surface area contributed by atoms with Crippen molar-refractivity contribution in [1.82, 2.24) is 10.6 Å². The lowest BCUT2D eigenvalue weighted by Gasteiger charge is -2.22. The molecule has 1 saturated carbocycles. The van der Waals surface area contributed by atoms with Crippen LogP contribution < -0.4 is 15.4 Å². The van der Waals surface area contributed by atoms with Crippen LogP contribution in [-0.2, 0) is 5.41 Å². The van der Waals surface area contributed by atoms with Gasteiger partial charge in [-0.3, -0.25) is 0 Å². The second kappa shape index (κ2) is 9.46. The molecule has 2 N–H and O–H groups in total. The van der Waals surface area contributed by atoms with E-state index in [1.807, 2.05) is 6.07 Å². The molecule has 0 aromatic heterocycles. The van der Waals surface area contributed by atoms with Gasteiger partial charge in [0, 0.05) is 12.6 Å². The van der Waals surface area contributed by atoms with E-state index in [2.05, 4.69) is 59.5 Å². The summed E-state index contributed by atoms with van der Waals surface area (Å²) < 4.78 is 6.79. The van der Waals surface area contributed by atoms with Gasteiger partial charge in [0.05, 0.1) is 11.1 Å². The van der Waals surface area contributed by atoms with Gasteiger partial charge in [-0.1, -0.05) is 46.1 Å². The van der Waals surface area contributed by atoms with E-state index in [9.17, 15) is 4.79 Å². The van der Waals surface area contributed by atoms with Crippen molar-refractivity contribution in [2.75, 3.05) is 13.2 Å². The fourth-order valence-corrected chi connectivity index (χ4v) is 3.52. The van der Waals surface area contributed by atoms with Gasteiger partial charge in [-0.2, -0.15) is 0 Å². The number of amides is 2. The van der Waals surface area contributed by atoms with Crippen molar-refractivity contribution in [1.29, 1.82) is 0 Å². The maximum atomic E-state index is 11.9. The molecule has 0 atom stereocenters. The van der Waals surface area contributed by atoms with E-state index in [4.69, 9.17) is 4.74 Å². The van der Waals surface area contributed by atoms with Crippen LogP contribution in [-0.4, -0.2) is 25.2 Å². The molecular formula is C20H31BrN2O2. The smallest absolute Gasteiger partial charge is 0.315 e. The Morgan fingerprint density at radius 2 is 1.96 bits per heavy atom. The Labute approximate surface area is 160 Å². The molecule has 1 aromatic rings. The molecule has 2 amide bonds. The quantitative estimate of drug-likeness (QED) is 0.637. The average Bonchev–Trinajstić information content (AvgIpc) is 2.55. The molecule has 0 bridgehead atoms. The Morgan fingerprint density at radius 1 is 1.24 bits per heavy atom. The van der Waals surface area contributed by atoms with Crippen LogP contribution in [0.2, 0.25) is 0 Å². The van der Waals surface area contributed by atoms with Crippen LogP contribution in [0.3, 0.4) is 0 Å². The molecule has 2 rings (SSSR count). The molecule has 0 aliphatic heterocycles. The largest absolute Gasteiger partial charge is 0.492 e. The average molecular weight is 411 g/mol. The van der Waals surface area contributed by atoms with Crippen molar-refractivity contribution in [2.24, 2.45) is 0 Å². The van der Waals surface area contributed by atoms with Crippen LogP contribution in [0.25, 0.3) is 0 Å². The van der Waals surface area contributed by atoms with Crippen LogP contribution >= 0.6 is 15.9 Å². The number of hydrogen-bond acceptors (Lipinski definition) is 2. The molecule has 1 aliphatic carbocycles. The first kappa shape index (κ1) is 20.1. The number of carbonyl (C=O) groups is 1. The first-order valence-corrected chi connectivity index (χ1v) is 10.1. The highest BCUT2D eigenvalue weighted by Gasteiger charge is 2.16. The molecule has 0 unspecified atom stereocenters. The lowest BCUT2D eigenvalue weighted by Crippen LogP contribution is -2.43. The molecule has 1 fully saturated rings. The van der Waals surface area contributed by atoms with Gasteiger partial charge in [0.2, 0.25) is 0 Å². The second-order valence-corrected chi connectivity index (χ2v) is 8.69. The van der Waals surface area contributed by atoms with Crippen molar-refractivity contribution >= 4 is 22.0 Å². The lowest BCUT2D eigenvalue weighted by molar-refractivity contribution is 0.231. The lowest BCUT2D eigenvalue weighted by atomic mass is 9.87. The number of urea groups is 1. The van der Waals surface area contributed by atoms with Gasteiger partial charge >= 0.3 is 6.03 Å². The zero-order valence-corrected chi connectivity index (χ0v) is 17.2. The fourth-order valence-electron chi connectivity index (χ4n) is 3.02. The standard InChI is InChI=1S/C20H31BrN2O2/c1-20(2,3)15-10-11-18(17(21)14-15)25-13-7-12-22-19(24)23-16-8-5-4-6-9-16/h10-11,14,16H,4-9,12-13H2,1-3H3,(H2,22,23,24). The van der Waals surface area contributed by atoms with Crippen molar-refractivity contribution in [3.8, 4) is 5.75 Å². The minimum atomic E-state index is -0.0531. The minimum Gasteiger partial charge on any atom is -0.492 e. The van der Waals surface area contributed by atoms with E-state index in [1.54, 1.807) is 0 Å². The Bertz CT molecular complexity index is 563. The van der Waals surface area contributed by atoms with Crippen LogP contribution in [0.4, 0.5) is 4.79 Å². The number of nitrogens with one attached hydrogen (secondary N) is 2. The summed E-state index contributed by atoms with van der Waals surface area (Å²) >= 11 is 3.58. The van der Waals surface area contributed by atoms with Gasteiger partial charge in [0.25, 0.3) is 0 Å². The molecule has 1 aliphatic rings. The number of rotatable bonds is 6. The number of carbonyl (C=O) groups excluding carboxylic acids is 1. The molecular weight excluding hydrogens is 380 g/mol. The summed E-state index contributed by atoms with van der Waals surface area (Å²) in [6.45, 7) is 7.78. The second-order valence-electron chi connectivity index (χ2n) is 7.83. The van der Waals surface area contributed by atoms with E-state index in [0.717, 1.165) is 29.5 Å². The zero-order chi connectivity index (χ0) is 18.3. The van der Waals surface area contributed by atoms with E-state index < -0.39 is 0 Å².